The number of piperidine rings is 1. The fourth-order valence-electron chi connectivity index (χ4n) is 5.49. The van der Waals surface area contributed by atoms with Crippen LogP contribution in [0.3, 0.4) is 0 Å². The Morgan fingerprint density at radius 3 is 2.40 bits per heavy atom. The molecule has 0 aromatic heterocycles. The summed E-state index contributed by atoms with van der Waals surface area (Å²) in [6.07, 6.45) is -2.94. The molecule has 2 aromatic carbocycles. The maximum absolute atomic E-state index is 12.4. The van der Waals surface area contributed by atoms with Gasteiger partial charge in [0.15, 0.2) is 6.29 Å². The Morgan fingerprint density at radius 1 is 1.00 bits per heavy atom. The summed E-state index contributed by atoms with van der Waals surface area (Å²) in [5.41, 5.74) is 2.14. The number of benzene rings is 2. The van der Waals surface area contributed by atoms with E-state index < -0.39 is 18.8 Å². The molecule has 2 N–H and O–H groups in total. The van der Waals surface area contributed by atoms with Gasteiger partial charge in [0.2, 0.25) is 0 Å². The van der Waals surface area contributed by atoms with Crippen molar-refractivity contribution in [1.82, 2.24) is 10.2 Å². The molecular formula is C26H31F3N2O4. The van der Waals surface area contributed by atoms with Crippen LogP contribution in [-0.2, 0) is 22.4 Å². The molecular weight excluding hydrogens is 461 g/mol. The van der Waals surface area contributed by atoms with Crippen molar-refractivity contribution < 1.29 is 32.5 Å². The van der Waals surface area contributed by atoms with Gasteiger partial charge in [-0.1, -0.05) is 42.5 Å². The molecule has 6 nitrogen and oxygen atoms in total. The highest BCUT2D eigenvalue weighted by atomic mass is 19.4. The van der Waals surface area contributed by atoms with Crippen LogP contribution in [0.25, 0.3) is 0 Å². The number of nitrogens with one attached hydrogen (secondary N) is 1. The smallest absolute Gasteiger partial charge is 0.406 e. The highest BCUT2D eigenvalue weighted by molar-refractivity contribution is 5.27. The number of hydrogen-bond acceptors (Lipinski definition) is 6. The molecule has 5 atom stereocenters. The van der Waals surface area contributed by atoms with Crippen LogP contribution in [0.5, 0.6) is 5.75 Å². The third-order valence-corrected chi connectivity index (χ3v) is 7.27. The van der Waals surface area contributed by atoms with Crippen molar-refractivity contribution in [3.63, 3.8) is 0 Å². The molecule has 0 unspecified atom stereocenters. The van der Waals surface area contributed by atoms with Crippen molar-refractivity contribution in [3.8, 4) is 5.75 Å². The Morgan fingerprint density at radius 2 is 1.71 bits per heavy atom. The molecule has 0 radical (unpaired) electrons. The van der Waals surface area contributed by atoms with E-state index >= 15 is 0 Å². The number of nitrogens with zero attached hydrogens (tertiary/aromatic N) is 1. The number of likely N-dealkylation sites (tertiary alicyclic amines) is 1. The topological polar surface area (TPSA) is 63.2 Å². The second kappa shape index (κ2) is 10.4. The van der Waals surface area contributed by atoms with Crippen LogP contribution >= 0.6 is 0 Å². The van der Waals surface area contributed by atoms with Gasteiger partial charge in [-0.3, -0.25) is 4.90 Å². The summed E-state index contributed by atoms with van der Waals surface area (Å²) >= 11 is 0. The van der Waals surface area contributed by atoms with Crippen molar-refractivity contribution in [2.24, 2.45) is 5.92 Å². The number of fused-ring (bicyclic) bond motifs is 2. The third-order valence-electron chi connectivity index (χ3n) is 7.27. The largest absolute Gasteiger partial charge is 0.573 e. The van der Waals surface area contributed by atoms with Crippen molar-refractivity contribution >= 4 is 0 Å². The number of alkyl halides is 3. The van der Waals surface area contributed by atoms with Gasteiger partial charge in [-0.05, 0) is 61.5 Å². The van der Waals surface area contributed by atoms with Gasteiger partial charge in [0.1, 0.15) is 11.9 Å². The van der Waals surface area contributed by atoms with Crippen molar-refractivity contribution in [2.45, 2.75) is 62.8 Å². The van der Waals surface area contributed by atoms with Crippen LogP contribution in [0.1, 0.15) is 24.0 Å². The molecule has 3 saturated heterocycles. The molecule has 190 valence electrons. The molecule has 3 heterocycles. The van der Waals surface area contributed by atoms with Crippen molar-refractivity contribution in [3.05, 3.63) is 65.7 Å². The van der Waals surface area contributed by atoms with E-state index in [2.05, 4.69) is 39.2 Å². The Kier molecular flexibility index (Phi) is 7.31. The minimum atomic E-state index is -4.71. The molecule has 0 amide bonds. The Labute approximate surface area is 203 Å². The van der Waals surface area contributed by atoms with Gasteiger partial charge >= 0.3 is 6.36 Å². The predicted molar refractivity (Wildman–Crippen MR) is 123 cm³/mol. The fourth-order valence-corrected chi connectivity index (χ4v) is 5.49. The molecule has 3 fully saturated rings. The lowest BCUT2D eigenvalue weighted by Crippen LogP contribution is -2.65. The van der Waals surface area contributed by atoms with E-state index in [0.29, 0.717) is 19.1 Å². The van der Waals surface area contributed by atoms with E-state index in [0.717, 1.165) is 37.9 Å². The van der Waals surface area contributed by atoms with E-state index in [9.17, 15) is 18.3 Å². The molecule has 2 aromatic rings. The summed E-state index contributed by atoms with van der Waals surface area (Å²) in [4.78, 5) is 2.29. The lowest BCUT2D eigenvalue weighted by Gasteiger charge is -2.46. The fraction of sp³-hybridized carbons (Fsp3) is 0.538. The lowest BCUT2D eigenvalue weighted by atomic mass is 9.87. The number of rotatable bonds is 7. The lowest BCUT2D eigenvalue weighted by molar-refractivity contribution is -0.274. The van der Waals surface area contributed by atoms with E-state index in [-0.39, 0.29) is 23.9 Å². The Hall–Kier alpha value is -2.17. The van der Waals surface area contributed by atoms with Gasteiger partial charge in [-0.25, -0.2) is 0 Å². The maximum atomic E-state index is 12.4. The van der Waals surface area contributed by atoms with E-state index in [4.69, 9.17) is 9.47 Å². The highest BCUT2D eigenvalue weighted by Gasteiger charge is 2.52. The number of aliphatic hydroxyl groups is 1. The Bertz CT molecular complexity index is 951. The zero-order chi connectivity index (χ0) is 24.4. The number of ether oxygens (including phenoxy) is 3. The third kappa shape index (κ3) is 5.98. The molecule has 35 heavy (non-hydrogen) atoms. The van der Waals surface area contributed by atoms with E-state index in [1.54, 1.807) is 12.1 Å². The standard InChI is InChI=1S/C26H31F3N2O4/c27-26(28,29)35-20-8-6-19(7-9-20)15-30-22-21-16-33-25(34-21)23(24(22)32)31-12-10-18(11-13-31)14-17-4-2-1-3-5-17/h1-9,18,21-25,30,32H,10-16H2/t21-,22-,23-,24+,25-/m1/s1. The first-order chi connectivity index (χ1) is 16.9. The first-order valence-electron chi connectivity index (χ1n) is 12.2. The van der Waals surface area contributed by atoms with E-state index in [1.807, 2.05) is 6.07 Å². The van der Waals surface area contributed by atoms with Crippen LogP contribution in [0.15, 0.2) is 54.6 Å². The van der Waals surface area contributed by atoms with Crippen LogP contribution < -0.4 is 10.1 Å². The van der Waals surface area contributed by atoms with Gasteiger partial charge in [0.05, 0.1) is 24.8 Å². The minimum absolute atomic E-state index is 0.258. The van der Waals surface area contributed by atoms with Crippen LogP contribution in [0, 0.1) is 5.92 Å². The number of halogens is 3. The molecule has 3 aliphatic rings. The van der Waals surface area contributed by atoms with Gasteiger partial charge in [0.25, 0.3) is 0 Å². The van der Waals surface area contributed by atoms with Gasteiger partial charge in [-0.2, -0.15) is 0 Å². The first-order valence-corrected chi connectivity index (χ1v) is 12.2. The summed E-state index contributed by atoms with van der Waals surface area (Å²) in [6.45, 7) is 2.53. The number of hydrogen-bond donors (Lipinski definition) is 2. The van der Waals surface area contributed by atoms with Gasteiger partial charge in [-0.15, -0.1) is 13.2 Å². The highest BCUT2D eigenvalue weighted by Crippen LogP contribution is 2.34. The second-order valence-electron chi connectivity index (χ2n) is 9.62. The van der Waals surface area contributed by atoms with Crippen LogP contribution in [0.2, 0.25) is 0 Å². The van der Waals surface area contributed by atoms with Crippen molar-refractivity contribution in [2.75, 3.05) is 19.7 Å². The average molecular weight is 493 g/mol. The normalized spacial score (nSPS) is 29.9. The van der Waals surface area contributed by atoms with Crippen molar-refractivity contribution in [1.29, 1.82) is 0 Å². The zero-order valence-corrected chi connectivity index (χ0v) is 19.4. The summed E-state index contributed by atoms with van der Waals surface area (Å²) < 4.78 is 53.1. The summed E-state index contributed by atoms with van der Waals surface area (Å²) in [6, 6.07) is 15.7. The van der Waals surface area contributed by atoms with E-state index in [1.165, 1.54) is 17.7 Å². The molecule has 3 aliphatic heterocycles. The van der Waals surface area contributed by atoms with Crippen LogP contribution in [0.4, 0.5) is 13.2 Å². The predicted octanol–water partition coefficient (Wildman–Crippen LogP) is 3.48. The Balaban J connectivity index is 1.17. The molecule has 9 heteroatoms. The molecule has 2 bridgehead atoms. The molecule has 0 spiro atoms. The molecule has 5 rings (SSSR count). The minimum Gasteiger partial charge on any atom is -0.406 e. The quantitative estimate of drug-likeness (QED) is 0.617. The summed E-state index contributed by atoms with van der Waals surface area (Å²) in [5.74, 6) is 0.357. The summed E-state index contributed by atoms with van der Waals surface area (Å²) in [5, 5.41) is 14.7. The van der Waals surface area contributed by atoms with Gasteiger partial charge in [0, 0.05) is 6.54 Å². The average Bonchev–Trinajstić information content (AvgIpc) is 3.26. The maximum Gasteiger partial charge on any atom is 0.573 e. The number of aliphatic hydroxyl groups excluding tert-OH is 1. The zero-order valence-electron chi connectivity index (χ0n) is 19.4. The molecule has 0 saturated carbocycles. The first kappa shape index (κ1) is 24.5. The molecule has 0 aliphatic carbocycles. The monoisotopic (exact) mass is 492 g/mol. The van der Waals surface area contributed by atoms with Gasteiger partial charge < -0.3 is 24.6 Å². The van der Waals surface area contributed by atoms with Crippen LogP contribution in [-0.4, -0.2) is 66.6 Å². The summed E-state index contributed by atoms with van der Waals surface area (Å²) in [7, 11) is 0. The SMILES string of the molecule is O[C@H]1[C@H](NCc2ccc(OC(F)(F)F)cc2)[C@H]2CO[C@H](O2)[C@@H]1N1CCC(Cc2ccccc2)CC1. The second-order valence-corrected chi connectivity index (χ2v) is 9.62.